The maximum Gasteiger partial charge on any atom is 0.309 e. The second-order valence-corrected chi connectivity index (χ2v) is 4.50. The van der Waals surface area contributed by atoms with Crippen LogP contribution in [0.15, 0.2) is 12.5 Å². The highest BCUT2D eigenvalue weighted by molar-refractivity contribution is 5.70. The first-order chi connectivity index (χ1) is 7.99. The number of aliphatic hydroxyl groups is 1. The van der Waals surface area contributed by atoms with Crippen molar-refractivity contribution in [3.8, 4) is 0 Å². The average molecular weight is 240 g/mol. The first kappa shape index (κ1) is 13.7. The summed E-state index contributed by atoms with van der Waals surface area (Å²) in [7, 11) is 0. The van der Waals surface area contributed by atoms with E-state index < -0.39 is 18.0 Å². The number of aromatic nitrogens is 2. The van der Waals surface area contributed by atoms with Gasteiger partial charge in [-0.2, -0.15) is 0 Å². The van der Waals surface area contributed by atoms with Gasteiger partial charge in [0.15, 0.2) is 0 Å². The Kier molecular flexibility index (Phi) is 4.69. The normalized spacial score (nSPS) is 14.9. The van der Waals surface area contributed by atoms with Gasteiger partial charge in [0.05, 0.1) is 24.1 Å². The summed E-state index contributed by atoms with van der Waals surface area (Å²) < 4.78 is 1.80. The quantitative estimate of drug-likeness (QED) is 0.797. The first-order valence-corrected chi connectivity index (χ1v) is 5.91. The molecular formula is C12H20N2O3. The molecule has 0 fully saturated rings. The van der Waals surface area contributed by atoms with Gasteiger partial charge in [-0.1, -0.05) is 13.3 Å². The van der Waals surface area contributed by atoms with Crippen molar-refractivity contribution in [3.63, 3.8) is 0 Å². The van der Waals surface area contributed by atoms with E-state index in [0.29, 0.717) is 12.1 Å². The summed E-state index contributed by atoms with van der Waals surface area (Å²) in [6.07, 6.45) is 3.34. The van der Waals surface area contributed by atoms with Crippen LogP contribution in [0.5, 0.6) is 0 Å². The predicted octanol–water partition coefficient (Wildman–Crippen LogP) is 2.00. The fourth-order valence-corrected chi connectivity index (χ4v) is 1.91. The zero-order valence-corrected chi connectivity index (χ0v) is 10.5. The van der Waals surface area contributed by atoms with Crippen LogP contribution in [-0.4, -0.2) is 25.7 Å². The molecule has 0 saturated heterocycles. The Hall–Kier alpha value is -1.36. The predicted molar refractivity (Wildman–Crippen MR) is 63.6 cm³/mol. The number of rotatable bonds is 6. The second-order valence-electron chi connectivity index (χ2n) is 4.50. The fourth-order valence-electron chi connectivity index (χ4n) is 1.91. The molecule has 96 valence electrons. The van der Waals surface area contributed by atoms with E-state index in [1.54, 1.807) is 10.9 Å². The molecule has 2 unspecified atom stereocenters. The maximum atomic E-state index is 11.1. The molecule has 1 rings (SSSR count). The number of aliphatic carboxylic acids is 1. The molecule has 5 heteroatoms. The van der Waals surface area contributed by atoms with Crippen LogP contribution >= 0.6 is 0 Å². The number of carboxylic acids is 1. The van der Waals surface area contributed by atoms with Crippen LogP contribution in [-0.2, 0) is 4.79 Å². The third-order valence-corrected chi connectivity index (χ3v) is 2.85. The zero-order valence-electron chi connectivity index (χ0n) is 10.5. The molecule has 0 aromatic carbocycles. The number of carbonyl (C=O) groups is 1. The Morgan fingerprint density at radius 3 is 2.65 bits per heavy atom. The standard InChI is InChI=1S/C12H20N2O3/c1-4-5-9(12(16)17)11(15)10-6-13-7-14(10)8(2)3/h6-9,11,15H,4-5H2,1-3H3,(H,16,17). The lowest BCUT2D eigenvalue weighted by atomic mass is 9.95. The highest BCUT2D eigenvalue weighted by Gasteiger charge is 2.29. The van der Waals surface area contributed by atoms with Crippen molar-refractivity contribution in [1.29, 1.82) is 0 Å². The molecule has 0 saturated carbocycles. The molecule has 5 nitrogen and oxygen atoms in total. The summed E-state index contributed by atoms with van der Waals surface area (Å²) in [5.74, 6) is -1.73. The van der Waals surface area contributed by atoms with Crippen molar-refractivity contribution < 1.29 is 15.0 Å². The number of carboxylic acid groups (broad SMARTS) is 1. The van der Waals surface area contributed by atoms with Crippen molar-refractivity contribution in [2.45, 2.75) is 45.8 Å². The Labute approximate surface area is 101 Å². The Balaban J connectivity index is 2.96. The molecule has 0 aliphatic carbocycles. The summed E-state index contributed by atoms with van der Waals surface area (Å²) in [6.45, 7) is 5.84. The highest BCUT2D eigenvalue weighted by atomic mass is 16.4. The Bertz CT molecular complexity index is 374. The lowest BCUT2D eigenvalue weighted by Gasteiger charge is -2.21. The van der Waals surface area contributed by atoms with E-state index in [4.69, 9.17) is 5.11 Å². The molecule has 1 heterocycles. The van der Waals surface area contributed by atoms with Gasteiger partial charge in [0.25, 0.3) is 0 Å². The van der Waals surface area contributed by atoms with Crippen LogP contribution in [0, 0.1) is 5.92 Å². The van der Waals surface area contributed by atoms with Gasteiger partial charge in [-0.15, -0.1) is 0 Å². The van der Waals surface area contributed by atoms with Crippen molar-refractivity contribution in [3.05, 3.63) is 18.2 Å². The Morgan fingerprint density at radius 2 is 2.18 bits per heavy atom. The van der Waals surface area contributed by atoms with Gasteiger partial charge in [0.1, 0.15) is 6.10 Å². The smallest absolute Gasteiger partial charge is 0.309 e. The molecule has 2 N–H and O–H groups in total. The van der Waals surface area contributed by atoms with E-state index in [2.05, 4.69) is 4.98 Å². The van der Waals surface area contributed by atoms with Crippen molar-refractivity contribution in [2.75, 3.05) is 0 Å². The van der Waals surface area contributed by atoms with E-state index in [-0.39, 0.29) is 6.04 Å². The molecule has 0 aliphatic heterocycles. The molecule has 1 aromatic heterocycles. The monoisotopic (exact) mass is 240 g/mol. The number of hydrogen-bond donors (Lipinski definition) is 2. The minimum absolute atomic E-state index is 0.151. The van der Waals surface area contributed by atoms with Crippen LogP contribution in [0.2, 0.25) is 0 Å². The topological polar surface area (TPSA) is 75.3 Å². The molecule has 0 amide bonds. The maximum absolute atomic E-state index is 11.1. The SMILES string of the molecule is CCCC(C(=O)O)C(O)c1cncn1C(C)C. The van der Waals surface area contributed by atoms with E-state index in [1.807, 2.05) is 20.8 Å². The molecule has 0 radical (unpaired) electrons. The van der Waals surface area contributed by atoms with E-state index in [0.717, 1.165) is 6.42 Å². The van der Waals surface area contributed by atoms with E-state index >= 15 is 0 Å². The minimum Gasteiger partial charge on any atom is -0.481 e. The van der Waals surface area contributed by atoms with Crippen LogP contribution in [0.1, 0.15) is 51.5 Å². The summed E-state index contributed by atoms with van der Waals surface area (Å²) in [5.41, 5.74) is 0.570. The molecular weight excluding hydrogens is 220 g/mol. The van der Waals surface area contributed by atoms with E-state index in [9.17, 15) is 9.90 Å². The van der Waals surface area contributed by atoms with Crippen LogP contribution in [0.3, 0.4) is 0 Å². The average Bonchev–Trinajstić information content (AvgIpc) is 2.73. The lowest BCUT2D eigenvalue weighted by molar-refractivity contribution is -0.146. The molecule has 0 bridgehead atoms. The fraction of sp³-hybridized carbons (Fsp3) is 0.667. The van der Waals surface area contributed by atoms with Crippen LogP contribution < -0.4 is 0 Å². The second kappa shape index (κ2) is 5.82. The highest BCUT2D eigenvalue weighted by Crippen LogP contribution is 2.27. The molecule has 1 aromatic rings. The first-order valence-electron chi connectivity index (χ1n) is 5.91. The number of nitrogens with zero attached hydrogens (tertiary/aromatic N) is 2. The van der Waals surface area contributed by atoms with Crippen molar-refractivity contribution in [2.24, 2.45) is 5.92 Å². The molecule has 0 spiro atoms. The van der Waals surface area contributed by atoms with Crippen molar-refractivity contribution in [1.82, 2.24) is 9.55 Å². The Morgan fingerprint density at radius 1 is 1.53 bits per heavy atom. The summed E-state index contributed by atoms with van der Waals surface area (Å²) in [5, 5.41) is 19.3. The minimum atomic E-state index is -1.00. The third kappa shape index (κ3) is 3.06. The number of hydrogen-bond acceptors (Lipinski definition) is 3. The molecule has 2 atom stereocenters. The molecule has 17 heavy (non-hydrogen) atoms. The summed E-state index contributed by atoms with van der Waals surface area (Å²) >= 11 is 0. The summed E-state index contributed by atoms with van der Waals surface area (Å²) in [6, 6.07) is 0.151. The van der Waals surface area contributed by atoms with Gasteiger partial charge in [0.2, 0.25) is 0 Å². The van der Waals surface area contributed by atoms with Gasteiger partial charge in [-0.3, -0.25) is 4.79 Å². The third-order valence-electron chi connectivity index (χ3n) is 2.85. The van der Waals surface area contributed by atoms with Gasteiger partial charge in [0, 0.05) is 6.04 Å². The van der Waals surface area contributed by atoms with Gasteiger partial charge in [-0.25, -0.2) is 4.98 Å². The summed E-state index contributed by atoms with van der Waals surface area (Å²) in [4.78, 5) is 15.1. The van der Waals surface area contributed by atoms with Gasteiger partial charge in [-0.05, 0) is 20.3 Å². The lowest BCUT2D eigenvalue weighted by Crippen LogP contribution is -2.24. The van der Waals surface area contributed by atoms with Gasteiger partial charge < -0.3 is 14.8 Å². The number of aliphatic hydroxyl groups excluding tert-OH is 1. The van der Waals surface area contributed by atoms with Gasteiger partial charge >= 0.3 is 5.97 Å². The number of imidazole rings is 1. The molecule has 0 aliphatic rings. The largest absolute Gasteiger partial charge is 0.481 e. The van der Waals surface area contributed by atoms with Crippen molar-refractivity contribution >= 4 is 5.97 Å². The van der Waals surface area contributed by atoms with Crippen LogP contribution in [0.4, 0.5) is 0 Å². The van der Waals surface area contributed by atoms with E-state index in [1.165, 1.54) is 6.20 Å². The zero-order chi connectivity index (χ0) is 13.0. The van der Waals surface area contributed by atoms with Crippen LogP contribution in [0.25, 0.3) is 0 Å².